The van der Waals surface area contributed by atoms with Crippen molar-refractivity contribution < 1.29 is 13.2 Å². The molecule has 0 spiro atoms. The maximum atomic E-state index is 12.9. The molecule has 4 nitrogen and oxygen atoms in total. The van der Waals surface area contributed by atoms with E-state index in [0.717, 1.165) is 24.2 Å². The number of ether oxygens (including phenoxy) is 1. The van der Waals surface area contributed by atoms with Gasteiger partial charge in [-0.05, 0) is 54.8 Å². The zero-order valence-electron chi connectivity index (χ0n) is 12.8. The molecular formula is C17H18ClNO3S. The molecule has 2 aromatic rings. The quantitative estimate of drug-likeness (QED) is 0.797. The topological polar surface area (TPSA) is 46.6 Å². The molecule has 1 saturated carbocycles. The predicted molar refractivity (Wildman–Crippen MR) is 90.2 cm³/mol. The van der Waals surface area contributed by atoms with Crippen molar-refractivity contribution in [2.75, 3.05) is 7.11 Å². The van der Waals surface area contributed by atoms with Crippen molar-refractivity contribution in [3.63, 3.8) is 0 Å². The number of rotatable bonds is 6. The highest BCUT2D eigenvalue weighted by molar-refractivity contribution is 7.89. The van der Waals surface area contributed by atoms with Crippen LogP contribution in [0, 0.1) is 0 Å². The average Bonchev–Trinajstić information content (AvgIpc) is 3.38. The molecule has 1 aliphatic carbocycles. The fourth-order valence-corrected chi connectivity index (χ4v) is 4.22. The van der Waals surface area contributed by atoms with E-state index in [1.165, 1.54) is 0 Å². The Bertz CT molecular complexity index is 768. The lowest BCUT2D eigenvalue weighted by Crippen LogP contribution is -2.32. The lowest BCUT2D eigenvalue weighted by molar-refractivity contribution is 0.397. The average molecular weight is 352 g/mol. The number of hydrogen-bond acceptors (Lipinski definition) is 3. The lowest BCUT2D eigenvalue weighted by Gasteiger charge is -2.22. The Labute approximate surface area is 141 Å². The van der Waals surface area contributed by atoms with Gasteiger partial charge in [0.25, 0.3) is 0 Å². The molecule has 0 N–H and O–H groups in total. The molecule has 0 heterocycles. The van der Waals surface area contributed by atoms with Gasteiger partial charge in [-0.25, -0.2) is 8.42 Å². The summed E-state index contributed by atoms with van der Waals surface area (Å²) in [5, 5.41) is 0.525. The molecule has 0 saturated heterocycles. The van der Waals surface area contributed by atoms with Gasteiger partial charge in [0.1, 0.15) is 5.75 Å². The van der Waals surface area contributed by atoms with Gasteiger partial charge >= 0.3 is 0 Å². The largest absolute Gasteiger partial charge is 0.497 e. The number of hydrogen-bond donors (Lipinski definition) is 0. The fourth-order valence-electron chi connectivity index (χ4n) is 2.43. The Kier molecular flexibility index (Phi) is 4.62. The summed E-state index contributed by atoms with van der Waals surface area (Å²) in [5.41, 5.74) is 0.940. The first-order valence-electron chi connectivity index (χ1n) is 7.41. The zero-order chi connectivity index (χ0) is 16.4. The van der Waals surface area contributed by atoms with E-state index in [9.17, 15) is 8.42 Å². The van der Waals surface area contributed by atoms with E-state index < -0.39 is 10.0 Å². The van der Waals surface area contributed by atoms with Gasteiger partial charge in [0.15, 0.2) is 0 Å². The third-order valence-corrected chi connectivity index (χ3v) is 6.04. The Morgan fingerprint density at radius 1 is 1.09 bits per heavy atom. The van der Waals surface area contributed by atoms with Crippen molar-refractivity contribution >= 4 is 21.6 Å². The molecular weight excluding hydrogens is 334 g/mol. The molecule has 3 rings (SSSR count). The summed E-state index contributed by atoms with van der Waals surface area (Å²) in [4.78, 5) is 0.280. The van der Waals surface area contributed by atoms with Crippen LogP contribution in [0.15, 0.2) is 53.4 Å². The van der Waals surface area contributed by atoms with E-state index >= 15 is 0 Å². The van der Waals surface area contributed by atoms with E-state index in [4.69, 9.17) is 16.3 Å². The van der Waals surface area contributed by atoms with Crippen LogP contribution in [0.4, 0.5) is 0 Å². The SMILES string of the molecule is COc1ccc(CN(C2CC2)S(=O)(=O)c2ccc(Cl)cc2)cc1. The molecule has 2 aromatic carbocycles. The standard InChI is InChI=1S/C17H18ClNO3S/c1-22-16-8-2-13(3-9-16)12-19(15-6-7-15)23(20,21)17-10-4-14(18)5-11-17/h2-5,8-11,15H,6-7,12H2,1H3. The predicted octanol–water partition coefficient (Wildman–Crippen LogP) is 3.70. The van der Waals surface area contributed by atoms with Gasteiger partial charge in [-0.2, -0.15) is 4.31 Å². The second-order valence-electron chi connectivity index (χ2n) is 5.58. The van der Waals surface area contributed by atoms with Crippen molar-refractivity contribution in [3.8, 4) is 5.75 Å². The lowest BCUT2D eigenvalue weighted by atomic mass is 10.2. The maximum absolute atomic E-state index is 12.9. The maximum Gasteiger partial charge on any atom is 0.243 e. The molecule has 0 radical (unpaired) electrons. The van der Waals surface area contributed by atoms with Crippen molar-refractivity contribution in [2.24, 2.45) is 0 Å². The summed E-state index contributed by atoms with van der Waals surface area (Å²) in [6.07, 6.45) is 1.81. The summed E-state index contributed by atoms with van der Waals surface area (Å²) in [6, 6.07) is 13.9. The van der Waals surface area contributed by atoms with Crippen molar-refractivity contribution in [1.29, 1.82) is 0 Å². The molecule has 6 heteroatoms. The van der Waals surface area contributed by atoms with Gasteiger partial charge in [-0.1, -0.05) is 23.7 Å². The molecule has 0 atom stereocenters. The highest BCUT2D eigenvalue weighted by Crippen LogP contribution is 2.34. The van der Waals surface area contributed by atoms with Crippen LogP contribution < -0.4 is 4.74 Å². The Morgan fingerprint density at radius 3 is 2.22 bits per heavy atom. The van der Waals surface area contributed by atoms with Gasteiger partial charge in [0.2, 0.25) is 10.0 Å². The van der Waals surface area contributed by atoms with Gasteiger partial charge in [0, 0.05) is 17.6 Å². The molecule has 1 aliphatic rings. The molecule has 122 valence electrons. The second-order valence-corrected chi connectivity index (χ2v) is 7.91. The van der Waals surface area contributed by atoms with E-state index in [2.05, 4.69) is 0 Å². The van der Waals surface area contributed by atoms with Crippen LogP contribution in [0.2, 0.25) is 5.02 Å². The smallest absolute Gasteiger partial charge is 0.243 e. The summed E-state index contributed by atoms with van der Waals surface area (Å²) in [6.45, 7) is 0.361. The third kappa shape index (κ3) is 3.68. The molecule has 0 aromatic heterocycles. The number of methoxy groups -OCH3 is 1. The van der Waals surface area contributed by atoms with Crippen molar-refractivity contribution in [3.05, 3.63) is 59.1 Å². The minimum absolute atomic E-state index is 0.0813. The van der Waals surface area contributed by atoms with Crippen LogP contribution >= 0.6 is 11.6 Å². The Morgan fingerprint density at radius 2 is 1.70 bits per heavy atom. The van der Waals surface area contributed by atoms with Gasteiger partial charge in [0.05, 0.1) is 12.0 Å². The van der Waals surface area contributed by atoms with Crippen LogP contribution in [0.3, 0.4) is 0 Å². The summed E-state index contributed by atoms with van der Waals surface area (Å²) in [7, 11) is -1.92. The first kappa shape index (κ1) is 16.3. The molecule has 0 bridgehead atoms. The van der Waals surface area contributed by atoms with Gasteiger partial charge < -0.3 is 4.74 Å². The Balaban J connectivity index is 1.87. The van der Waals surface area contributed by atoms with Crippen LogP contribution in [-0.4, -0.2) is 25.9 Å². The zero-order valence-corrected chi connectivity index (χ0v) is 14.3. The minimum Gasteiger partial charge on any atom is -0.497 e. The van der Waals surface area contributed by atoms with E-state index in [1.807, 2.05) is 24.3 Å². The van der Waals surface area contributed by atoms with Crippen LogP contribution in [0.5, 0.6) is 5.75 Å². The van der Waals surface area contributed by atoms with E-state index in [-0.39, 0.29) is 10.9 Å². The molecule has 0 unspecified atom stereocenters. The summed E-state index contributed by atoms with van der Waals surface area (Å²) >= 11 is 5.85. The summed E-state index contributed by atoms with van der Waals surface area (Å²) < 4.78 is 32.5. The van der Waals surface area contributed by atoms with E-state index in [1.54, 1.807) is 35.7 Å². The van der Waals surface area contributed by atoms with E-state index in [0.29, 0.717) is 11.6 Å². The second kappa shape index (κ2) is 6.51. The third-order valence-electron chi connectivity index (χ3n) is 3.87. The monoisotopic (exact) mass is 351 g/mol. The Hall–Kier alpha value is -1.56. The molecule has 0 aliphatic heterocycles. The van der Waals surface area contributed by atoms with Crippen LogP contribution in [0.25, 0.3) is 0 Å². The highest BCUT2D eigenvalue weighted by Gasteiger charge is 2.38. The minimum atomic E-state index is -3.53. The fraction of sp³-hybridized carbons (Fsp3) is 0.294. The van der Waals surface area contributed by atoms with Gasteiger partial charge in [-0.3, -0.25) is 0 Å². The molecule has 1 fully saturated rings. The van der Waals surface area contributed by atoms with Gasteiger partial charge in [-0.15, -0.1) is 0 Å². The molecule has 0 amide bonds. The number of halogens is 1. The summed E-state index contributed by atoms with van der Waals surface area (Å²) in [5.74, 6) is 0.757. The van der Waals surface area contributed by atoms with Crippen LogP contribution in [0.1, 0.15) is 18.4 Å². The number of benzene rings is 2. The van der Waals surface area contributed by atoms with Crippen molar-refractivity contribution in [2.45, 2.75) is 30.3 Å². The van der Waals surface area contributed by atoms with Crippen LogP contribution in [-0.2, 0) is 16.6 Å². The highest BCUT2D eigenvalue weighted by atomic mass is 35.5. The first-order chi connectivity index (χ1) is 11.0. The normalized spacial score (nSPS) is 14.9. The number of sulfonamides is 1. The number of nitrogens with zero attached hydrogens (tertiary/aromatic N) is 1. The van der Waals surface area contributed by atoms with Crippen molar-refractivity contribution in [1.82, 2.24) is 4.31 Å². The molecule has 23 heavy (non-hydrogen) atoms. The first-order valence-corrected chi connectivity index (χ1v) is 9.23.